The average molecular weight is 292 g/mol. The van der Waals surface area contributed by atoms with E-state index in [1.165, 1.54) is 12.1 Å². The number of carboxylic acid groups (broad SMARTS) is 1. The molecule has 0 saturated heterocycles. The number of pyridine rings is 1. The lowest BCUT2D eigenvalue weighted by atomic mass is 10.2. The van der Waals surface area contributed by atoms with E-state index in [0.717, 1.165) is 18.3 Å². The van der Waals surface area contributed by atoms with Crippen LogP contribution in [-0.4, -0.2) is 21.0 Å². The van der Waals surface area contributed by atoms with E-state index in [1.807, 2.05) is 0 Å². The van der Waals surface area contributed by atoms with Gasteiger partial charge in [-0.05, 0) is 19.1 Å². The van der Waals surface area contributed by atoms with Crippen molar-refractivity contribution < 1.29 is 24.0 Å². The highest BCUT2D eigenvalue weighted by atomic mass is 19.1. The van der Waals surface area contributed by atoms with Crippen LogP contribution in [0.25, 0.3) is 0 Å². The number of aromatic carboxylic acids is 1. The van der Waals surface area contributed by atoms with Crippen LogP contribution in [0.5, 0.6) is 11.6 Å². The van der Waals surface area contributed by atoms with E-state index < -0.39 is 22.3 Å². The number of nitrogens with zero attached hydrogens (tertiary/aromatic N) is 2. The quantitative estimate of drug-likeness (QED) is 0.686. The summed E-state index contributed by atoms with van der Waals surface area (Å²) in [5.41, 5.74) is -0.269. The van der Waals surface area contributed by atoms with Crippen molar-refractivity contribution in [2.75, 3.05) is 0 Å². The molecule has 1 heterocycles. The number of carboxylic acids is 1. The van der Waals surface area contributed by atoms with Gasteiger partial charge in [0.25, 0.3) is 5.69 Å². The van der Waals surface area contributed by atoms with Gasteiger partial charge in [0.15, 0.2) is 0 Å². The van der Waals surface area contributed by atoms with Crippen LogP contribution in [0.3, 0.4) is 0 Å². The van der Waals surface area contributed by atoms with Gasteiger partial charge in [-0.25, -0.2) is 14.2 Å². The first-order chi connectivity index (χ1) is 9.88. The maximum Gasteiger partial charge on any atom is 0.338 e. The van der Waals surface area contributed by atoms with Crippen molar-refractivity contribution in [1.82, 2.24) is 4.98 Å². The highest BCUT2D eigenvalue weighted by molar-refractivity contribution is 5.88. The topological polar surface area (TPSA) is 103 Å². The van der Waals surface area contributed by atoms with Gasteiger partial charge in [-0.15, -0.1) is 0 Å². The van der Waals surface area contributed by atoms with Gasteiger partial charge in [0.1, 0.15) is 17.8 Å². The lowest BCUT2D eigenvalue weighted by Crippen LogP contribution is -2.01. The molecule has 0 aliphatic rings. The van der Waals surface area contributed by atoms with Gasteiger partial charge in [-0.1, -0.05) is 0 Å². The smallest absolute Gasteiger partial charge is 0.338 e. The second kappa shape index (κ2) is 5.53. The first kappa shape index (κ1) is 14.4. The SMILES string of the molecule is Cc1cc([N+](=O)[O-])cnc1Oc1ccc(C(=O)O)c(F)c1. The number of rotatable bonds is 4. The Labute approximate surface area is 117 Å². The third kappa shape index (κ3) is 3.11. The van der Waals surface area contributed by atoms with Crippen LogP contribution in [0.15, 0.2) is 30.5 Å². The normalized spacial score (nSPS) is 10.2. The Bertz CT molecular complexity index is 732. The second-order valence-electron chi connectivity index (χ2n) is 4.12. The number of ether oxygens (including phenoxy) is 1. The van der Waals surface area contributed by atoms with Gasteiger partial charge >= 0.3 is 5.97 Å². The molecule has 108 valence electrons. The van der Waals surface area contributed by atoms with E-state index in [4.69, 9.17) is 9.84 Å². The van der Waals surface area contributed by atoms with Crippen LogP contribution in [-0.2, 0) is 0 Å². The first-order valence-electron chi connectivity index (χ1n) is 5.70. The molecule has 0 radical (unpaired) electrons. The minimum Gasteiger partial charge on any atom is -0.478 e. The number of hydrogen-bond donors (Lipinski definition) is 1. The predicted octanol–water partition coefficient (Wildman–Crippen LogP) is 2.93. The van der Waals surface area contributed by atoms with Crippen molar-refractivity contribution in [3.8, 4) is 11.6 Å². The Kier molecular flexibility index (Phi) is 3.79. The van der Waals surface area contributed by atoms with E-state index in [-0.39, 0.29) is 17.3 Å². The number of halogens is 1. The highest BCUT2D eigenvalue weighted by Crippen LogP contribution is 2.26. The van der Waals surface area contributed by atoms with Crippen LogP contribution in [0.4, 0.5) is 10.1 Å². The average Bonchev–Trinajstić information content (AvgIpc) is 2.40. The fourth-order valence-corrected chi connectivity index (χ4v) is 1.60. The Morgan fingerprint density at radius 1 is 1.43 bits per heavy atom. The van der Waals surface area contributed by atoms with Crippen LogP contribution < -0.4 is 4.74 Å². The van der Waals surface area contributed by atoms with Crippen molar-refractivity contribution in [3.05, 3.63) is 57.5 Å². The van der Waals surface area contributed by atoms with Crippen molar-refractivity contribution in [2.24, 2.45) is 0 Å². The molecular weight excluding hydrogens is 283 g/mol. The lowest BCUT2D eigenvalue weighted by molar-refractivity contribution is -0.385. The summed E-state index contributed by atoms with van der Waals surface area (Å²) in [6.45, 7) is 1.55. The van der Waals surface area contributed by atoms with Gasteiger partial charge in [-0.3, -0.25) is 10.1 Å². The van der Waals surface area contributed by atoms with Crippen LogP contribution in [0, 0.1) is 22.9 Å². The van der Waals surface area contributed by atoms with Crippen molar-refractivity contribution >= 4 is 11.7 Å². The Morgan fingerprint density at radius 3 is 2.67 bits per heavy atom. The fraction of sp³-hybridized carbons (Fsp3) is 0.0769. The van der Waals surface area contributed by atoms with Crippen LogP contribution in [0.1, 0.15) is 15.9 Å². The van der Waals surface area contributed by atoms with Gasteiger partial charge in [0.05, 0.1) is 10.5 Å². The van der Waals surface area contributed by atoms with Gasteiger partial charge < -0.3 is 9.84 Å². The third-order valence-corrected chi connectivity index (χ3v) is 2.61. The Hall–Kier alpha value is -3.03. The van der Waals surface area contributed by atoms with E-state index in [9.17, 15) is 19.3 Å². The van der Waals surface area contributed by atoms with Gasteiger partial charge in [0, 0.05) is 17.7 Å². The maximum absolute atomic E-state index is 13.5. The zero-order valence-electron chi connectivity index (χ0n) is 10.7. The molecule has 21 heavy (non-hydrogen) atoms. The van der Waals surface area contributed by atoms with Crippen molar-refractivity contribution in [3.63, 3.8) is 0 Å². The molecule has 0 atom stereocenters. The molecule has 2 rings (SSSR count). The molecule has 8 heteroatoms. The molecule has 0 fully saturated rings. The number of benzene rings is 1. The van der Waals surface area contributed by atoms with Crippen molar-refractivity contribution in [1.29, 1.82) is 0 Å². The molecule has 0 amide bonds. The number of hydrogen-bond acceptors (Lipinski definition) is 5. The number of aromatic nitrogens is 1. The number of aryl methyl sites for hydroxylation is 1. The summed E-state index contributed by atoms with van der Waals surface area (Å²) < 4.78 is 18.8. The largest absolute Gasteiger partial charge is 0.478 e. The lowest BCUT2D eigenvalue weighted by Gasteiger charge is -2.08. The minimum absolute atomic E-state index is 0.0435. The molecule has 1 aromatic heterocycles. The molecule has 1 aromatic carbocycles. The number of nitro groups is 1. The summed E-state index contributed by atoms with van der Waals surface area (Å²) in [7, 11) is 0. The molecule has 2 aromatic rings. The zero-order chi connectivity index (χ0) is 15.6. The van der Waals surface area contributed by atoms with E-state index in [1.54, 1.807) is 6.92 Å². The summed E-state index contributed by atoms with van der Waals surface area (Å²) in [5, 5.41) is 19.3. The monoisotopic (exact) mass is 292 g/mol. The molecule has 0 saturated carbocycles. The minimum atomic E-state index is -1.39. The van der Waals surface area contributed by atoms with Gasteiger partial charge in [0.2, 0.25) is 5.88 Å². The number of carbonyl (C=O) groups is 1. The van der Waals surface area contributed by atoms with E-state index >= 15 is 0 Å². The molecule has 1 N–H and O–H groups in total. The summed E-state index contributed by atoms with van der Waals surface area (Å²) in [6, 6.07) is 4.51. The van der Waals surface area contributed by atoms with E-state index in [0.29, 0.717) is 5.56 Å². The summed E-state index contributed by atoms with van der Waals surface area (Å²) >= 11 is 0. The Balaban J connectivity index is 2.28. The molecular formula is C13H9FN2O5. The summed E-state index contributed by atoms with van der Waals surface area (Å²) in [4.78, 5) is 24.5. The molecule has 0 aliphatic carbocycles. The summed E-state index contributed by atoms with van der Waals surface area (Å²) in [6.07, 6.45) is 1.02. The maximum atomic E-state index is 13.5. The fourth-order valence-electron chi connectivity index (χ4n) is 1.60. The highest BCUT2D eigenvalue weighted by Gasteiger charge is 2.14. The first-order valence-corrected chi connectivity index (χ1v) is 5.70. The predicted molar refractivity (Wildman–Crippen MR) is 69.1 cm³/mol. The standard InChI is InChI=1S/C13H9FN2O5/c1-7-4-8(16(19)20)6-15-12(7)21-9-2-3-10(13(17)18)11(14)5-9/h2-6H,1H3,(H,17,18). The third-order valence-electron chi connectivity index (χ3n) is 2.61. The second-order valence-corrected chi connectivity index (χ2v) is 4.12. The van der Waals surface area contributed by atoms with E-state index in [2.05, 4.69) is 4.98 Å². The van der Waals surface area contributed by atoms with Crippen molar-refractivity contribution in [2.45, 2.75) is 6.92 Å². The van der Waals surface area contributed by atoms with Crippen LogP contribution in [0.2, 0.25) is 0 Å². The molecule has 7 nitrogen and oxygen atoms in total. The Morgan fingerprint density at radius 2 is 2.14 bits per heavy atom. The van der Waals surface area contributed by atoms with Crippen LogP contribution >= 0.6 is 0 Å². The summed E-state index contributed by atoms with van der Waals surface area (Å²) in [5.74, 6) is -2.21. The molecule has 0 aliphatic heterocycles. The molecule has 0 spiro atoms. The van der Waals surface area contributed by atoms with Gasteiger partial charge in [-0.2, -0.15) is 0 Å². The molecule has 0 bridgehead atoms. The zero-order valence-corrected chi connectivity index (χ0v) is 10.7. The molecule has 0 unspecified atom stereocenters.